The van der Waals surface area contributed by atoms with Crippen LogP contribution in [0.3, 0.4) is 0 Å². The van der Waals surface area contributed by atoms with Crippen LogP contribution in [0.25, 0.3) is 23.0 Å². The molecule has 0 bridgehead atoms. The summed E-state index contributed by atoms with van der Waals surface area (Å²) in [5.41, 5.74) is 3.10. The number of aromatic nitrogens is 4. The van der Waals surface area contributed by atoms with Crippen LogP contribution in [-0.4, -0.2) is 37.3 Å². The summed E-state index contributed by atoms with van der Waals surface area (Å²) in [5, 5.41) is 8.43. The van der Waals surface area contributed by atoms with Crippen molar-refractivity contribution in [2.75, 3.05) is 6.54 Å². The van der Waals surface area contributed by atoms with Crippen LogP contribution >= 0.6 is 0 Å². The Morgan fingerprint density at radius 1 is 1.24 bits per heavy atom. The van der Waals surface area contributed by atoms with Crippen LogP contribution in [0.15, 0.2) is 51.8 Å². The quantitative estimate of drug-likeness (QED) is 0.531. The van der Waals surface area contributed by atoms with E-state index >= 15 is 0 Å². The predicted molar refractivity (Wildman–Crippen MR) is 99.0 cm³/mol. The maximum atomic E-state index is 14.0. The van der Waals surface area contributed by atoms with Crippen LogP contribution in [0.1, 0.15) is 21.6 Å². The van der Waals surface area contributed by atoms with Gasteiger partial charge in [-0.1, -0.05) is 17.3 Å². The normalized spacial score (nSPS) is 13.5. The summed E-state index contributed by atoms with van der Waals surface area (Å²) < 4.78 is 26.2. The first-order valence-corrected chi connectivity index (χ1v) is 9.07. The summed E-state index contributed by atoms with van der Waals surface area (Å²) in [6, 6.07) is 7.87. The van der Waals surface area contributed by atoms with Crippen molar-refractivity contribution in [1.82, 2.24) is 24.8 Å². The zero-order valence-electron chi connectivity index (χ0n) is 15.5. The molecule has 29 heavy (non-hydrogen) atoms. The van der Waals surface area contributed by atoms with E-state index in [4.69, 9.17) is 8.94 Å². The Morgan fingerprint density at radius 3 is 2.90 bits per heavy atom. The highest BCUT2D eigenvalue weighted by Crippen LogP contribution is 2.31. The molecular weight excluding hydrogens is 377 g/mol. The van der Waals surface area contributed by atoms with E-state index in [1.807, 2.05) is 7.05 Å². The standard InChI is InChI=1S/C20H16FN5O3/c1-25-16-6-8-26(20(27)12-7-9-28-11-12)10-14(16)17(23-25)19-22-18(24-29-19)13-4-2-3-5-15(13)21/h2-5,7,9,11H,6,8,10H2,1H3. The molecule has 3 aromatic heterocycles. The molecule has 0 saturated carbocycles. The van der Waals surface area contributed by atoms with Crippen molar-refractivity contribution < 1.29 is 18.1 Å². The summed E-state index contributed by atoms with van der Waals surface area (Å²) in [4.78, 5) is 18.8. The van der Waals surface area contributed by atoms with E-state index < -0.39 is 5.82 Å². The third-order valence-electron chi connectivity index (χ3n) is 5.04. The van der Waals surface area contributed by atoms with Crippen LogP contribution in [0.5, 0.6) is 0 Å². The lowest BCUT2D eigenvalue weighted by atomic mass is 10.0. The van der Waals surface area contributed by atoms with E-state index in [0.717, 1.165) is 11.3 Å². The second kappa shape index (κ2) is 6.69. The second-order valence-electron chi connectivity index (χ2n) is 6.79. The van der Waals surface area contributed by atoms with Crippen LogP contribution in [-0.2, 0) is 20.0 Å². The Bertz CT molecular complexity index is 1190. The molecule has 0 fully saturated rings. The number of rotatable bonds is 3. The molecule has 0 aliphatic carbocycles. The van der Waals surface area contributed by atoms with Crippen LogP contribution in [0.4, 0.5) is 4.39 Å². The topological polar surface area (TPSA) is 90.2 Å². The average Bonchev–Trinajstić information content (AvgIpc) is 3.48. The summed E-state index contributed by atoms with van der Waals surface area (Å²) in [6.07, 6.45) is 3.55. The molecule has 146 valence electrons. The number of nitrogens with zero attached hydrogens (tertiary/aromatic N) is 5. The second-order valence-corrected chi connectivity index (χ2v) is 6.79. The first kappa shape index (κ1) is 17.4. The third-order valence-corrected chi connectivity index (χ3v) is 5.04. The maximum Gasteiger partial charge on any atom is 0.279 e. The first-order valence-electron chi connectivity index (χ1n) is 9.07. The number of aryl methyl sites for hydroxylation is 1. The van der Waals surface area contributed by atoms with Crippen LogP contribution in [0, 0.1) is 5.82 Å². The zero-order chi connectivity index (χ0) is 20.0. The van der Waals surface area contributed by atoms with Gasteiger partial charge in [0.15, 0.2) is 5.69 Å². The number of hydrogen-bond donors (Lipinski definition) is 0. The van der Waals surface area contributed by atoms with Crippen LogP contribution < -0.4 is 0 Å². The summed E-state index contributed by atoms with van der Waals surface area (Å²) in [5.74, 6) is -0.200. The van der Waals surface area contributed by atoms with Gasteiger partial charge in [0, 0.05) is 31.3 Å². The molecule has 0 unspecified atom stereocenters. The van der Waals surface area contributed by atoms with Gasteiger partial charge in [0.25, 0.3) is 11.8 Å². The molecule has 9 heteroatoms. The highest BCUT2D eigenvalue weighted by Gasteiger charge is 2.30. The van der Waals surface area contributed by atoms with Crippen molar-refractivity contribution in [3.63, 3.8) is 0 Å². The molecule has 1 amide bonds. The lowest BCUT2D eigenvalue weighted by Gasteiger charge is -2.27. The fourth-order valence-corrected chi connectivity index (χ4v) is 3.58. The molecule has 0 N–H and O–H groups in total. The molecule has 0 radical (unpaired) electrons. The van der Waals surface area contributed by atoms with Gasteiger partial charge in [0.05, 0.1) is 23.9 Å². The highest BCUT2D eigenvalue weighted by molar-refractivity contribution is 5.94. The minimum Gasteiger partial charge on any atom is -0.472 e. The van der Waals surface area contributed by atoms with E-state index in [-0.39, 0.29) is 23.2 Å². The van der Waals surface area contributed by atoms with E-state index in [0.29, 0.717) is 30.8 Å². The minimum atomic E-state index is -0.431. The maximum absolute atomic E-state index is 14.0. The largest absolute Gasteiger partial charge is 0.472 e. The SMILES string of the molecule is Cn1nc(-c2nc(-c3ccccc3F)no2)c2c1CCN(C(=O)c1ccoc1)C2. The molecule has 4 aromatic rings. The third kappa shape index (κ3) is 2.91. The van der Waals surface area contributed by atoms with Crippen molar-refractivity contribution >= 4 is 5.91 Å². The van der Waals surface area contributed by atoms with Crippen molar-refractivity contribution in [1.29, 1.82) is 0 Å². The molecule has 1 aromatic carbocycles. The molecular formula is C20H16FN5O3. The van der Waals surface area contributed by atoms with Gasteiger partial charge in [-0.25, -0.2) is 4.39 Å². The smallest absolute Gasteiger partial charge is 0.279 e. The van der Waals surface area contributed by atoms with E-state index in [1.54, 1.807) is 33.8 Å². The molecule has 1 aliphatic rings. The fraction of sp³-hybridized carbons (Fsp3) is 0.200. The number of hydrogen-bond acceptors (Lipinski definition) is 6. The van der Waals surface area contributed by atoms with Gasteiger partial charge in [-0.3, -0.25) is 9.48 Å². The Hall–Kier alpha value is -3.75. The Labute approximate surface area is 164 Å². The Morgan fingerprint density at radius 2 is 2.10 bits per heavy atom. The number of amides is 1. The summed E-state index contributed by atoms with van der Waals surface area (Å²) >= 11 is 0. The minimum absolute atomic E-state index is 0.114. The average molecular weight is 393 g/mol. The van der Waals surface area contributed by atoms with E-state index in [1.165, 1.54) is 18.6 Å². The van der Waals surface area contributed by atoms with Crippen molar-refractivity contribution in [2.45, 2.75) is 13.0 Å². The van der Waals surface area contributed by atoms with Gasteiger partial charge in [-0.05, 0) is 18.2 Å². The molecule has 0 saturated heterocycles. The van der Waals surface area contributed by atoms with Crippen LogP contribution in [0.2, 0.25) is 0 Å². The lowest BCUT2D eigenvalue weighted by Crippen LogP contribution is -2.36. The van der Waals surface area contributed by atoms with Gasteiger partial charge in [-0.2, -0.15) is 10.1 Å². The molecule has 4 heterocycles. The zero-order valence-corrected chi connectivity index (χ0v) is 15.5. The molecule has 5 rings (SSSR count). The summed E-state index contributed by atoms with van der Waals surface area (Å²) in [6.45, 7) is 0.931. The number of halogens is 1. The number of carbonyl (C=O) groups is 1. The van der Waals surface area contributed by atoms with Gasteiger partial charge >= 0.3 is 0 Å². The molecule has 1 aliphatic heterocycles. The van der Waals surface area contributed by atoms with E-state index in [9.17, 15) is 9.18 Å². The summed E-state index contributed by atoms with van der Waals surface area (Å²) in [7, 11) is 1.84. The Balaban J connectivity index is 1.49. The predicted octanol–water partition coefficient (Wildman–Crippen LogP) is 3.07. The lowest BCUT2D eigenvalue weighted by molar-refractivity contribution is 0.0733. The number of carbonyl (C=O) groups excluding carboxylic acids is 1. The van der Waals surface area contributed by atoms with Gasteiger partial charge in [0.2, 0.25) is 5.82 Å². The molecule has 0 spiro atoms. The van der Waals surface area contributed by atoms with Crippen molar-refractivity contribution in [2.24, 2.45) is 7.05 Å². The van der Waals surface area contributed by atoms with Gasteiger partial charge < -0.3 is 13.8 Å². The number of benzene rings is 1. The highest BCUT2D eigenvalue weighted by atomic mass is 19.1. The Kier molecular flexibility index (Phi) is 4.01. The number of furan rings is 1. The van der Waals surface area contributed by atoms with Gasteiger partial charge in [-0.15, -0.1) is 0 Å². The fourth-order valence-electron chi connectivity index (χ4n) is 3.58. The number of fused-ring (bicyclic) bond motifs is 1. The monoisotopic (exact) mass is 393 g/mol. The van der Waals surface area contributed by atoms with Gasteiger partial charge in [0.1, 0.15) is 12.1 Å². The first-order chi connectivity index (χ1) is 14.1. The van der Waals surface area contributed by atoms with Crippen molar-refractivity contribution in [3.05, 3.63) is 65.5 Å². The van der Waals surface area contributed by atoms with Crippen molar-refractivity contribution in [3.8, 4) is 23.0 Å². The van der Waals surface area contributed by atoms with E-state index in [2.05, 4.69) is 15.2 Å². The molecule has 0 atom stereocenters. The molecule has 8 nitrogen and oxygen atoms in total.